The average molecular weight is 289 g/mol. The van der Waals surface area contributed by atoms with Crippen LogP contribution in [0.2, 0.25) is 5.15 Å². The van der Waals surface area contributed by atoms with Gasteiger partial charge in [0.1, 0.15) is 16.8 Å². The average Bonchev–Trinajstić information content (AvgIpc) is 3.22. The number of nitrogens with zero attached hydrogens (tertiary/aromatic N) is 3. The summed E-state index contributed by atoms with van der Waals surface area (Å²) in [5.74, 6) is 1.32. The highest BCUT2D eigenvalue weighted by molar-refractivity contribution is 6.29. The molecule has 5 nitrogen and oxygen atoms in total. The SMILES string of the molecule is Cc1nc(Cl)cc(-c2ccnc(NC(=O)C3CC3)c2)n1. The van der Waals surface area contributed by atoms with Gasteiger partial charge in [-0.1, -0.05) is 11.6 Å². The van der Waals surface area contributed by atoms with Crippen molar-refractivity contribution in [2.24, 2.45) is 5.92 Å². The summed E-state index contributed by atoms with van der Waals surface area (Å²) in [6.07, 6.45) is 3.57. The molecular formula is C14H13ClN4O. The molecule has 0 aliphatic heterocycles. The highest BCUT2D eigenvalue weighted by Crippen LogP contribution is 2.30. The van der Waals surface area contributed by atoms with Crippen molar-refractivity contribution >= 4 is 23.3 Å². The van der Waals surface area contributed by atoms with Gasteiger partial charge in [-0.05, 0) is 31.9 Å². The van der Waals surface area contributed by atoms with Gasteiger partial charge in [-0.25, -0.2) is 15.0 Å². The van der Waals surface area contributed by atoms with E-state index in [1.807, 2.05) is 6.07 Å². The van der Waals surface area contributed by atoms with Crippen LogP contribution >= 0.6 is 11.6 Å². The predicted molar refractivity (Wildman–Crippen MR) is 76.4 cm³/mol. The third-order valence-corrected chi connectivity index (χ3v) is 3.26. The van der Waals surface area contributed by atoms with E-state index in [-0.39, 0.29) is 11.8 Å². The summed E-state index contributed by atoms with van der Waals surface area (Å²) >= 11 is 5.94. The zero-order chi connectivity index (χ0) is 14.1. The molecule has 1 saturated carbocycles. The number of aryl methyl sites for hydroxylation is 1. The van der Waals surface area contributed by atoms with E-state index >= 15 is 0 Å². The Kier molecular flexibility index (Phi) is 3.36. The molecule has 2 aromatic heterocycles. The lowest BCUT2D eigenvalue weighted by molar-refractivity contribution is -0.117. The summed E-state index contributed by atoms with van der Waals surface area (Å²) in [6, 6.07) is 5.31. The fourth-order valence-electron chi connectivity index (χ4n) is 1.91. The van der Waals surface area contributed by atoms with Gasteiger partial charge in [0.25, 0.3) is 0 Å². The van der Waals surface area contributed by atoms with Crippen LogP contribution in [-0.2, 0) is 4.79 Å². The molecular weight excluding hydrogens is 276 g/mol. The summed E-state index contributed by atoms with van der Waals surface area (Å²) in [4.78, 5) is 24.3. The van der Waals surface area contributed by atoms with Crippen LogP contribution in [0.25, 0.3) is 11.3 Å². The lowest BCUT2D eigenvalue weighted by Crippen LogP contribution is -2.14. The monoisotopic (exact) mass is 288 g/mol. The molecule has 0 unspecified atom stereocenters. The summed E-state index contributed by atoms with van der Waals surface area (Å²) < 4.78 is 0. The van der Waals surface area contributed by atoms with Crippen LogP contribution in [0.1, 0.15) is 18.7 Å². The van der Waals surface area contributed by atoms with E-state index in [9.17, 15) is 4.79 Å². The Labute approximate surface area is 121 Å². The second-order valence-corrected chi connectivity index (χ2v) is 5.20. The second kappa shape index (κ2) is 5.17. The van der Waals surface area contributed by atoms with Crippen molar-refractivity contribution < 1.29 is 4.79 Å². The third kappa shape index (κ3) is 2.93. The van der Waals surface area contributed by atoms with Gasteiger partial charge >= 0.3 is 0 Å². The zero-order valence-corrected chi connectivity index (χ0v) is 11.7. The van der Waals surface area contributed by atoms with Gasteiger partial charge in [-0.2, -0.15) is 0 Å². The number of hydrogen-bond acceptors (Lipinski definition) is 4. The quantitative estimate of drug-likeness (QED) is 0.882. The van der Waals surface area contributed by atoms with E-state index in [0.29, 0.717) is 22.5 Å². The lowest BCUT2D eigenvalue weighted by atomic mass is 10.2. The van der Waals surface area contributed by atoms with E-state index < -0.39 is 0 Å². The lowest BCUT2D eigenvalue weighted by Gasteiger charge is -2.06. The van der Waals surface area contributed by atoms with Crippen LogP contribution in [0.3, 0.4) is 0 Å². The minimum absolute atomic E-state index is 0.0338. The van der Waals surface area contributed by atoms with Crippen LogP contribution < -0.4 is 5.32 Å². The molecule has 1 fully saturated rings. The second-order valence-electron chi connectivity index (χ2n) is 4.82. The minimum atomic E-state index is 0.0338. The van der Waals surface area contributed by atoms with E-state index in [0.717, 1.165) is 18.4 Å². The molecule has 102 valence electrons. The first-order valence-corrected chi connectivity index (χ1v) is 6.78. The van der Waals surface area contributed by atoms with Crippen molar-refractivity contribution in [3.05, 3.63) is 35.4 Å². The standard InChI is InChI=1S/C14H13ClN4O/c1-8-17-11(7-12(15)18-8)10-4-5-16-13(6-10)19-14(20)9-2-3-9/h4-7,9H,2-3H2,1H3,(H,16,19,20). The minimum Gasteiger partial charge on any atom is -0.310 e. The predicted octanol–water partition coefficient (Wildman–Crippen LogP) is 2.85. The smallest absolute Gasteiger partial charge is 0.228 e. The molecule has 20 heavy (non-hydrogen) atoms. The van der Waals surface area contributed by atoms with Crippen molar-refractivity contribution in [2.45, 2.75) is 19.8 Å². The van der Waals surface area contributed by atoms with Crippen molar-refractivity contribution in [1.82, 2.24) is 15.0 Å². The summed E-state index contributed by atoms with van der Waals surface area (Å²) in [5.41, 5.74) is 1.56. The van der Waals surface area contributed by atoms with Gasteiger partial charge in [0, 0.05) is 23.7 Å². The van der Waals surface area contributed by atoms with Gasteiger partial charge < -0.3 is 5.32 Å². The number of nitrogens with one attached hydrogen (secondary N) is 1. The van der Waals surface area contributed by atoms with Gasteiger partial charge in [0.15, 0.2) is 0 Å². The van der Waals surface area contributed by atoms with Crippen LogP contribution in [0, 0.1) is 12.8 Å². The number of anilines is 1. The summed E-state index contributed by atoms with van der Waals surface area (Å²) in [6.45, 7) is 1.78. The summed E-state index contributed by atoms with van der Waals surface area (Å²) in [5, 5.41) is 3.21. The Morgan fingerprint density at radius 3 is 2.85 bits per heavy atom. The molecule has 2 heterocycles. The highest BCUT2D eigenvalue weighted by Gasteiger charge is 2.29. The number of pyridine rings is 1. The molecule has 2 aromatic rings. The highest BCUT2D eigenvalue weighted by atomic mass is 35.5. The third-order valence-electron chi connectivity index (χ3n) is 3.06. The van der Waals surface area contributed by atoms with E-state index in [1.54, 1.807) is 25.3 Å². The largest absolute Gasteiger partial charge is 0.310 e. The molecule has 0 aromatic carbocycles. The van der Waals surface area contributed by atoms with Gasteiger partial charge in [-0.3, -0.25) is 4.79 Å². The maximum absolute atomic E-state index is 11.7. The number of rotatable bonds is 3. The first kappa shape index (κ1) is 13.0. The number of aromatic nitrogens is 3. The van der Waals surface area contributed by atoms with Crippen molar-refractivity contribution in [3.8, 4) is 11.3 Å². The van der Waals surface area contributed by atoms with Crippen LogP contribution in [-0.4, -0.2) is 20.9 Å². The molecule has 0 spiro atoms. The Balaban J connectivity index is 1.87. The van der Waals surface area contributed by atoms with E-state index in [1.165, 1.54) is 0 Å². The van der Waals surface area contributed by atoms with Crippen LogP contribution in [0.5, 0.6) is 0 Å². The maximum Gasteiger partial charge on any atom is 0.228 e. The molecule has 1 amide bonds. The number of carbonyl (C=O) groups excluding carboxylic acids is 1. The molecule has 0 atom stereocenters. The van der Waals surface area contributed by atoms with Crippen molar-refractivity contribution in [2.75, 3.05) is 5.32 Å². The molecule has 0 saturated heterocycles. The molecule has 0 bridgehead atoms. The van der Waals surface area contributed by atoms with Crippen LogP contribution in [0.15, 0.2) is 24.4 Å². The molecule has 3 rings (SSSR count). The molecule has 6 heteroatoms. The number of amides is 1. The topological polar surface area (TPSA) is 67.8 Å². The Hall–Kier alpha value is -2.01. The Morgan fingerprint density at radius 2 is 2.15 bits per heavy atom. The van der Waals surface area contributed by atoms with Gasteiger partial charge in [-0.15, -0.1) is 0 Å². The normalized spacial score (nSPS) is 14.1. The molecule has 1 aliphatic carbocycles. The fraction of sp³-hybridized carbons (Fsp3) is 0.286. The van der Waals surface area contributed by atoms with E-state index in [2.05, 4.69) is 20.3 Å². The maximum atomic E-state index is 11.7. The van der Waals surface area contributed by atoms with Gasteiger partial charge in [0.05, 0.1) is 5.69 Å². The fourth-order valence-corrected chi connectivity index (χ4v) is 2.14. The van der Waals surface area contributed by atoms with Crippen molar-refractivity contribution in [1.29, 1.82) is 0 Å². The number of carbonyl (C=O) groups is 1. The molecule has 1 aliphatic rings. The van der Waals surface area contributed by atoms with Crippen molar-refractivity contribution in [3.63, 3.8) is 0 Å². The van der Waals surface area contributed by atoms with Gasteiger partial charge in [0.2, 0.25) is 5.91 Å². The zero-order valence-electron chi connectivity index (χ0n) is 10.9. The first-order valence-electron chi connectivity index (χ1n) is 6.40. The molecule has 0 radical (unpaired) electrons. The first-order chi connectivity index (χ1) is 9.61. The van der Waals surface area contributed by atoms with E-state index in [4.69, 9.17) is 11.6 Å². The number of halogens is 1. The van der Waals surface area contributed by atoms with Crippen LogP contribution in [0.4, 0.5) is 5.82 Å². The molecule has 1 N–H and O–H groups in total. The Bertz CT molecular complexity index is 650. The number of hydrogen-bond donors (Lipinski definition) is 1. The Morgan fingerprint density at radius 1 is 1.35 bits per heavy atom. The summed E-state index contributed by atoms with van der Waals surface area (Å²) in [7, 11) is 0.